The van der Waals surface area contributed by atoms with Gasteiger partial charge in [0.05, 0.1) is 0 Å². The van der Waals surface area contributed by atoms with Gasteiger partial charge in [-0.25, -0.2) is 0 Å². The second-order valence-corrected chi connectivity index (χ2v) is 5.84. The van der Waals surface area contributed by atoms with Crippen molar-refractivity contribution >= 4 is 16.5 Å². The van der Waals surface area contributed by atoms with Crippen LogP contribution in [0.1, 0.15) is 37.6 Å². The molecule has 0 radical (unpaired) electrons. The number of nitrogens with one attached hydrogen (secondary N) is 1. The van der Waals surface area contributed by atoms with Crippen molar-refractivity contribution in [3.63, 3.8) is 0 Å². The highest BCUT2D eigenvalue weighted by atomic mass is 32.1. The molecule has 0 aliphatic heterocycles. The fourth-order valence-corrected chi connectivity index (χ4v) is 3.78. The first-order valence-corrected chi connectivity index (χ1v) is 6.75. The Morgan fingerprint density at radius 1 is 1.33 bits per heavy atom. The molecule has 3 rings (SSSR count). The number of aromatic nitrogens is 2. The van der Waals surface area contributed by atoms with Crippen molar-refractivity contribution in [3.8, 4) is 0 Å². The molecule has 3 atom stereocenters. The molecule has 4 heteroatoms. The van der Waals surface area contributed by atoms with E-state index < -0.39 is 0 Å². The summed E-state index contributed by atoms with van der Waals surface area (Å²) >= 11 is 1.71. The van der Waals surface area contributed by atoms with Crippen molar-refractivity contribution in [2.24, 2.45) is 11.8 Å². The minimum Gasteiger partial charge on any atom is -0.357 e. The van der Waals surface area contributed by atoms with Gasteiger partial charge in [-0.15, -0.1) is 10.2 Å². The fourth-order valence-electron chi connectivity index (χ4n) is 3.03. The first-order chi connectivity index (χ1) is 7.35. The Morgan fingerprint density at radius 3 is 2.87 bits per heavy atom. The fraction of sp³-hybridized carbons (Fsp3) is 0.818. The molecule has 0 spiro atoms. The van der Waals surface area contributed by atoms with E-state index in [1.54, 1.807) is 11.3 Å². The maximum atomic E-state index is 4.19. The third-order valence-corrected chi connectivity index (χ3v) is 4.82. The minimum atomic E-state index is 0.682. The topological polar surface area (TPSA) is 37.8 Å². The van der Waals surface area contributed by atoms with Crippen LogP contribution in [0.15, 0.2) is 0 Å². The Hall–Kier alpha value is -0.640. The predicted molar refractivity (Wildman–Crippen MR) is 62.1 cm³/mol. The van der Waals surface area contributed by atoms with E-state index in [9.17, 15) is 0 Å². The Balaban J connectivity index is 1.65. The van der Waals surface area contributed by atoms with Crippen molar-refractivity contribution in [2.45, 2.75) is 45.1 Å². The Morgan fingerprint density at radius 2 is 2.27 bits per heavy atom. The summed E-state index contributed by atoms with van der Waals surface area (Å²) in [5.74, 6) is 1.90. The lowest BCUT2D eigenvalue weighted by Crippen LogP contribution is -2.25. The lowest BCUT2D eigenvalue weighted by atomic mass is 9.96. The van der Waals surface area contributed by atoms with Crippen LogP contribution in [0.2, 0.25) is 0 Å². The highest BCUT2D eigenvalue weighted by Crippen LogP contribution is 2.45. The van der Waals surface area contributed by atoms with Crippen LogP contribution >= 0.6 is 11.3 Å². The number of hydrogen-bond acceptors (Lipinski definition) is 4. The van der Waals surface area contributed by atoms with Gasteiger partial charge in [-0.05, 0) is 37.5 Å². The second kappa shape index (κ2) is 3.74. The largest absolute Gasteiger partial charge is 0.357 e. The van der Waals surface area contributed by atoms with Crippen molar-refractivity contribution < 1.29 is 0 Å². The molecule has 0 aromatic carbocycles. The Labute approximate surface area is 94.3 Å². The quantitative estimate of drug-likeness (QED) is 0.856. The van der Waals surface area contributed by atoms with Gasteiger partial charge in [-0.3, -0.25) is 0 Å². The summed E-state index contributed by atoms with van der Waals surface area (Å²) in [6, 6.07) is 0.682. The van der Waals surface area contributed by atoms with Gasteiger partial charge in [0.25, 0.3) is 0 Å². The maximum Gasteiger partial charge on any atom is 0.205 e. The molecule has 2 aliphatic carbocycles. The van der Waals surface area contributed by atoms with E-state index in [-0.39, 0.29) is 0 Å². The third kappa shape index (κ3) is 1.75. The number of aryl methyl sites for hydroxylation is 1. The number of fused-ring (bicyclic) bond motifs is 2. The molecule has 2 saturated carbocycles. The van der Waals surface area contributed by atoms with Crippen LogP contribution in [-0.2, 0) is 6.42 Å². The van der Waals surface area contributed by atoms with E-state index in [0.29, 0.717) is 6.04 Å². The van der Waals surface area contributed by atoms with E-state index in [4.69, 9.17) is 0 Å². The Kier molecular flexibility index (Phi) is 2.39. The lowest BCUT2D eigenvalue weighted by molar-refractivity contribution is 0.439. The van der Waals surface area contributed by atoms with Gasteiger partial charge in [0.1, 0.15) is 5.01 Å². The number of hydrogen-bond donors (Lipinski definition) is 1. The zero-order valence-corrected chi connectivity index (χ0v) is 9.89. The molecule has 15 heavy (non-hydrogen) atoms. The molecular weight excluding hydrogens is 206 g/mol. The summed E-state index contributed by atoms with van der Waals surface area (Å²) in [5, 5.41) is 14.1. The van der Waals surface area contributed by atoms with Gasteiger partial charge in [0.2, 0.25) is 5.13 Å². The zero-order chi connectivity index (χ0) is 10.3. The monoisotopic (exact) mass is 223 g/mol. The van der Waals surface area contributed by atoms with Gasteiger partial charge in [-0.2, -0.15) is 0 Å². The molecular formula is C11H17N3S. The molecule has 2 aliphatic rings. The summed E-state index contributed by atoms with van der Waals surface area (Å²) in [6.07, 6.45) is 6.67. The highest BCUT2D eigenvalue weighted by molar-refractivity contribution is 7.15. The molecule has 3 unspecified atom stereocenters. The van der Waals surface area contributed by atoms with Crippen LogP contribution in [0.25, 0.3) is 0 Å². The van der Waals surface area contributed by atoms with Gasteiger partial charge < -0.3 is 5.32 Å². The van der Waals surface area contributed by atoms with Crippen molar-refractivity contribution in [1.82, 2.24) is 10.2 Å². The second-order valence-electron chi connectivity index (χ2n) is 4.78. The summed E-state index contributed by atoms with van der Waals surface area (Å²) < 4.78 is 0. The molecule has 1 N–H and O–H groups in total. The zero-order valence-electron chi connectivity index (χ0n) is 9.07. The first-order valence-electron chi connectivity index (χ1n) is 5.94. The molecule has 2 fully saturated rings. The standard InChI is InChI=1S/C11H17N3S/c1-2-10-13-14-11(15-10)12-9-6-7-3-4-8(9)5-7/h7-9H,2-6H2,1H3,(H,12,14). The lowest BCUT2D eigenvalue weighted by Gasteiger charge is -2.21. The molecule has 1 aromatic rings. The van der Waals surface area contributed by atoms with Gasteiger partial charge in [0, 0.05) is 6.04 Å². The van der Waals surface area contributed by atoms with Crippen LogP contribution in [0, 0.1) is 11.8 Å². The van der Waals surface area contributed by atoms with E-state index in [2.05, 4.69) is 22.4 Å². The molecule has 3 nitrogen and oxygen atoms in total. The molecule has 1 heterocycles. The summed E-state index contributed by atoms with van der Waals surface area (Å²) in [7, 11) is 0. The summed E-state index contributed by atoms with van der Waals surface area (Å²) in [6.45, 7) is 2.13. The Bertz CT molecular complexity index is 349. The predicted octanol–water partition coefficient (Wildman–Crippen LogP) is 2.70. The van der Waals surface area contributed by atoms with Crippen molar-refractivity contribution in [2.75, 3.05) is 5.32 Å². The van der Waals surface area contributed by atoms with Crippen LogP contribution < -0.4 is 5.32 Å². The minimum absolute atomic E-state index is 0.682. The molecule has 0 saturated heterocycles. The highest BCUT2D eigenvalue weighted by Gasteiger charge is 2.39. The molecule has 82 valence electrons. The van der Waals surface area contributed by atoms with Crippen LogP contribution in [-0.4, -0.2) is 16.2 Å². The average molecular weight is 223 g/mol. The molecule has 2 bridgehead atoms. The molecule has 0 amide bonds. The van der Waals surface area contributed by atoms with Crippen LogP contribution in [0.5, 0.6) is 0 Å². The van der Waals surface area contributed by atoms with Gasteiger partial charge in [-0.1, -0.05) is 24.7 Å². The van der Waals surface area contributed by atoms with Crippen LogP contribution in [0.3, 0.4) is 0 Å². The van der Waals surface area contributed by atoms with E-state index >= 15 is 0 Å². The number of nitrogens with zero attached hydrogens (tertiary/aromatic N) is 2. The number of anilines is 1. The SMILES string of the molecule is CCc1nnc(NC2CC3CCC2C3)s1. The van der Waals surface area contributed by atoms with E-state index in [1.807, 2.05) is 0 Å². The van der Waals surface area contributed by atoms with Gasteiger partial charge in [0.15, 0.2) is 0 Å². The number of rotatable bonds is 3. The maximum absolute atomic E-state index is 4.19. The van der Waals surface area contributed by atoms with Crippen molar-refractivity contribution in [1.29, 1.82) is 0 Å². The van der Waals surface area contributed by atoms with Gasteiger partial charge >= 0.3 is 0 Å². The van der Waals surface area contributed by atoms with E-state index in [0.717, 1.165) is 28.4 Å². The van der Waals surface area contributed by atoms with Crippen LogP contribution in [0.4, 0.5) is 5.13 Å². The normalized spacial score (nSPS) is 33.5. The average Bonchev–Trinajstić information content (AvgIpc) is 2.92. The summed E-state index contributed by atoms with van der Waals surface area (Å²) in [5.41, 5.74) is 0. The molecule has 1 aromatic heterocycles. The summed E-state index contributed by atoms with van der Waals surface area (Å²) in [4.78, 5) is 0. The third-order valence-electron chi connectivity index (χ3n) is 3.82. The van der Waals surface area contributed by atoms with Crippen molar-refractivity contribution in [3.05, 3.63) is 5.01 Å². The van der Waals surface area contributed by atoms with E-state index in [1.165, 1.54) is 25.7 Å². The first kappa shape index (κ1) is 9.58. The smallest absolute Gasteiger partial charge is 0.205 e.